The van der Waals surface area contributed by atoms with Crippen LogP contribution in [0.4, 0.5) is 0 Å². The summed E-state index contributed by atoms with van der Waals surface area (Å²) in [5.74, 6) is 1.21. The number of fused-ring (bicyclic) bond motifs is 1. The molecule has 0 amide bonds. The van der Waals surface area contributed by atoms with Crippen molar-refractivity contribution in [1.29, 1.82) is 0 Å². The van der Waals surface area contributed by atoms with Gasteiger partial charge in [0.15, 0.2) is 11.3 Å². The Morgan fingerprint density at radius 1 is 1.31 bits per heavy atom. The largest absolute Gasteiger partial charge is 0.361 e. The molecule has 16 heavy (non-hydrogen) atoms. The Balaban J connectivity index is 2.27. The number of rotatable bonds is 1. The Bertz CT molecular complexity index is 659. The van der Waals surface area contributed by atoms with E-state index in [1.165, 1.54) is 4.52 Å². The zero-order valence-electron chi connectivity index (χ0n) is 8.25. The van der Waals surface area contributed by atoms with E-state index in [2.05, 4.69) is 20.5 Å². The lowest BCUT2D eigenvalue weighted by Gasteiger charge is -1.94. The standard InChI is InChI=1S/C9H6ClN5O/c1-5-4-6(14-16-5)9-12-11-8-3-2-7(10)13-15(8)9/h2-4H,1H3. The van der Waals surface area contributed by atoms with Gasteiger partial charge in [-0.3, -0.25) is 0 Å². The summed E-state index contributed by atoms with van der Waals surface area (Å²) in [4.78, 5) is 0. The van der Waals surface area contributed by atoms with Crippen molar-refractivity contribution in [2.75, 3.05) is 0 Å². The first kappa shape index (κ1) is 9.29. The van der Waals surface area contributed by atoms with Gasteiger partial charge >= 0.3 is 0 Å². The molecule has 80 valence electrons. The van der Waals surface area contributed by atoms with E-state index in [-0.39, 0.29) is 0 Å². The summed E-state index contributed by atoms with van der Waals surface area (Å²) in [5.41, 5.74) is 1.19. The van der Waals surface area contributed by atoms with Crippen LogP contribution < -0.4 is 0 Å². The van der Waals surface area contributed by atoms with Crippen LogP contribution in [0.3, 0.4) is 0 Å². The number of aryl methyl sites for hydroxylation is 1. The summed E-state index contributed by atoms with van der Waals surface area (Å²) >= 11 is 5.81. The third-order valence-electron chi connectivity index (χ3n) is 2.09. The average molecular weight is 236 g/mol. The third-order valence-corrected chi connectivity index (χ3v) is 2.29. The highest BCUT2D eigenvalue weighted by atomic mass is 35.5. The van der Waals surface area contributed by atoms with Crippen molar-refractivity contribution < 1.29 is 4.52 Å². The molecule has 0 atom stereocenters. The SMILES string of the molecule is Cc1cc(-c2nnc3ccc(Cl)nn23)no1. The van der Waals surface area contributed by atoms with Crippen molar-refractivity contribution in [3.05, 3.63) is 29.1 Å². The van der Waals surface area contributed by atoms with E-state index in [0.29, 0.717) is 28.1 Å². The van der Waals surface area contributed by atoms with E-state index in [1.54, 1.807) is 25.1 Å². The van der Waals surface area contributed by atoms with Gasteiger partial charge in [0, 0.05) is 6.07 Å². The molecule has 0 spiro atoms. The second kappa shape index (κ2) is 3.28. The van der Waals surface area contributed by atoms with Gasteiger partial charge in [-0.1, -0.05) is 16.8 Å². The third kappa shape index (κ3) is 1.35. The molecule has 0 aliphatic carbocycles. The van der Waals surface area contributed by atoms with Gasteiger partial charge in [-0.05, 0) is 19.1 Å². The number of hydrogen-bond acceptors (Lipinski definition) is 5. The lowest BCUT2D eigenvalue weighted by molar-refractivity contribution is 0.399. The topological polar surface area (TPSA) is 69.1 Å². The van der Waals surface area contributed by atoms with Crippen LogP contribution in [0.25, 0.3) is 17.2 Å². The van der Waals surface area contributed by atoms with Gasteiger partial charge in [0.2, 0.25) is 5.82 Å². The highest BCUT2D eigenvalue weighted by Crippen LogP contribution is 2.17. The maximum absolute atomic E-state index is 5.81. The first-order valence-corrected chi connectivity index (χ1v) is 4.93. The van der Waals surface area contributed by atoms with Gasteiger partial charge in [-0.2, -0.15) is 9.61 Å². The van der Waals surface area contributed by atoms with E-state index in [1.807, 2.05) is 0 Å². The molecule has 0 unspecified atom stereocenters. The van der Waals surface area contributed by atoms with Crippen LogP contribution in [0.15, 0.2) is 22.7 Å². The molecular formula is C9H6ClN5O. The fourth-order valence-electron chi connectivity index (χ4n) is 1.40. The minimum absolute atomic E-state index is 0.369. The monoisotopic (exact) mass is 235 g/mol. The Labute approximate surface area is 94.8 Å². The van der Waals surface area contributed by atoms with Gasteiger partial charge in [0.25, 0.3) is 0 Å². The fourth-order valence-corrected chi connectivity index (χ4v) is 1.54. The molecule has 0 saturated carbocycles. The average Bonchev–Trinajstić information content (AvgIpc) is 2.83. The molecule has 3 aromatic rings. The molecular weight excluding hydrogens is 230 g/mol. The molecule has 3 rings (SSSR count). The first-order valence-electron chi connectivity index (χ1n) is 4.56. The van der Waals surface area contributed by atoms with Crippen LogP contribution in [-0.4, -0.2) is 25.0 Å². The Morgan fingerprint density at radius 3 is 2.94 bits per heavy atom. The normalized spacial score (nSPS) is 11.1. The molecule has 3 heterocycles. The smallest absolute Gasteiger partial charge is 0.207 e. The summed E-state index contributed by atoms with van der Waals surface area (Å²) < 4.78 is 6.50. The van der Waals surface area contributed by atoms with Crippen LogP contribution in [-0.2, 0) is 0 Å². The van der Waals surface area contributed by atoms with Gasteiger partial charge in [-0.15, -0.1) is 10.2 Å². The number of hydrogen-bond donors (Lipinski definition) is 0. The Hall–Kier alpha value is -1.95. The summed E-state index contributed by atoms with van der Waals surface area (Å²) in [7, 11) is 0. The van der Waals surface area contributed by atoms with E-state index in [0.717, 1.165) is 0 Å². The minimum atomic E-state index is 0.369. The number of aromatic nitrogens is 5. The lowest BCUT2D eigenvalue weighted by Crippen LogP contribution is -1.94. The molecule has 3 aromatic heterocycles. The first-order chi connectivity index (χ1) is 7.74. The van der Waals surface area contributed by atoms with Gasteiger partial charge in [-0.25, -0.2) is 0 Å². The zero-order valence-corrected chi connectivity index (χ0v) is 9.01. The molecule has 0 fully saturated rings. The summed E-state index contributed by atoms with van der Waals surface area (Å²) in [6.07, 6.45) is 0. The molecule has 7 heteroatoms. The second-order valence-corrected chi connectivity index (χ2v) is 3.66. The van der Waals surface area contributed by atoms with E-state index < -0.39 is 0 Å². The second-order valence-electron chi connectivity index (χ2n) is 3.27. The molecule has 0 aliphatic heterocycles. The van der Waals surface area contributed by atoms with E-state index >= 15 is 0 Å². The highest BCUT2D eigenvalue weighted by molar-refractivity contribution is 6.29. The molecule has 0 aliphatic rings. The van der Waals surface area contributed by atoms with Gasteiger partial charge < -0.3 is 4.52 Å². The molecule has 0 aromatic carbocycles. The molecule has 6 nitrogen and oxygen atoms in total. The maximum atomic E-state index is 5.81. The summed E-state index contributed by atoms with van der Waals surface area (Å²) in [5, 5.41) is 16.3. The lowest BCUT2D eigenvalue weighted by atomic mass is 10.4. The maximum Gasteiger partial charge on any atom is 0.207 e. The predicted molar refractivity (Wildman–Crippen MR) is 56.0 cm³/mol. The number of nitrogens with zero attached hydrogens (tertiary/aromatic N) is 5. The number of halogens is 1. The summed E-state index contributed by atoms with van der Waals surface area (Å²) in [6.45, 7) is 1.81. The quantitative estimate of drug-likeness (QED) is 0.643. The summed E-state index contributed by atoms with van der Waals surface area (Å²) in [6, 6.07) is 5.15. The Morgan fingerprint density at radius 2 is 2.19 bits per heavy atom. The Kier molecular flexibility index (Phi) is 1.90. The van der Waals surface area contributed by atoms with Gasteiger partial charge in [0.1, 0.15) is 10.9 Å². The van der Waals surface area contributed by atoms with Crippen molar-refractivity contribution in [1.82, 2.24) is 25.0 Å². The molecule has 0 saturated heterocycles. The zero-order chi connectivity index (χ0) is 11.1. The highest BCUT2D eigenvalue weighted by Gasteiger charge is 2.13. The van der Waals surface area contributed by atoms with Crippen molar-refractivity contribution >= 4 is 17.2 Å². The molecule has 0 bridgehead atoms. The van der Waals surface area contributed by atoms with Gasteiger partial charge in [0.05, 0.1) is 0 Å². The minimum Gasteiger partial charge on any atom is -0.361 e. The van der Waals surface area contributed by atoms with Crippen molar-refractivity contribution in [2.24, 2.45) is 0 Å². The van der Waals surface area contributed by atoms with Crippen molar-refractivity contribution in [2.45, 2.75) is 6.92 Å². The van der Waals surface area contributed by atoms with E-state index in [9.17, 15) is 0 Å². The predicted octanol–water partition coefficient (Wildman–Crippen LogP) is 1.74. The fraction of sp³-hybridized carbons (Fsp3) is 0.111. The van der Waals surface area contributed by atoms with Crippen LogP contribution in [0, 0.1) is 6.92 Å². The van der Waals surface area contributed by atoms with Crippen LogP contribution in [0.2, 0.25) is 5.15 Å². The van der Waals surface area contributed by atoms with E-state index in [4.69, 9.17) is 16.1 Å². The van der Waals surface area contributed by atoms with Crippen molar-refractivity contribution in [3.63, 3.8) is 0 Å². The van der Waals surface area contributed by atoms with Crippen LogP contribution in [0.5, 0.6) is 0 Å². The van der Waals surface area contributed by atoms with Crippen molar-refractivity contribution in [3.8, 4) is 11.5 Å². The molecule has 0 radical (unpaired) electrons. The van der Waals surface area contributed by atoms with Crippen LogP contribution >= 0.6 is 11.6 Å². The van der Waals surface area contributed by atoms with Crippen LogP contribution in [0.1, 0.15) is 5.76 Å². The molecule has 0 N–H and O–H groups in total.